The van der Waals surface area contributed by atoms with Gasteiger partial charge in [0.05, 0.1) is 30.8 Å². The highest BCUT2D eigenvalue weighted by atomic mass is 16.5. The normalized spacial score (nSPS) is 20.9. The van der Waals surface area contributed by atoms with Crippen molar-refractivity contribution in [1.82, 2.24) is 30.3 Å². The lowest BCUT2D eigenvalue weighted by Crippen LogP contribution is -2.51. The van der Waals surface area contributed by atoms with E-state index in [0.29, 0.717) is 35.5 Å². The van der Waals surface area contributed by atoms with E-state index in [2.05, 4.69) is 45.7 Å². The lowest BCUT2D eigenvalue weighted by Gasteiger charge is -2.26. The van der Waals surface area contributed by atoms with Crippen molar-refractivity contribution in [3.8, 4) is 6.07 Å². The van der Waals surface area contributed by atoms with Crippen LogP contribution in [0.4, 0.5) is 0 Å². The number of carbonyl (C=O) groups is 2. The Morgan fingerprint density at radius 3 is 2.70 bits per heavy atom. The second-order valence-electron chi connectivity index (χ2n) is 13.1. The van der Waals surface area contributed by atoms with Gasteiger partial charge in [-0.2, -0.15) is 10.4 Å². The smallest absolute Gasteiger partial charge is 0.270 e. The number of hydrogen-bond acceptors (Lipinski definition) is 8. The highest BCUT2D eigenvalue weighted by molar-refractivity contribution is 5.97. The van der Waals surface area contributed by atoms with Crippen LogP contribution in [-0.2, 0) is 21.4 Å². The maximum atomic E-state index is 13.7. The molecule has 2 aromatic heterocycles. The molecule has 44 heavy (non-hydrogen) atoms. The highest BCUT2D eigenvalue weighted by Gasteiger charge is 2.46. The van der Waals surface area contributed by atoms with Crippen molar-refractivity contribution in [2.75, 3.05) is 33.4 Å². The summed E-state index contributed by atoms with van der Waals surface area (Å²) in [6.07, 6.45) is 8.52. The molecular formula is C33H39N7O4. The molecule has 0 saturated heterocycles. The van der Waals surface area contributed by atoms with Crippen LogP contribution in [0.25, 0.3) is 16.7 Å². The zero-order chi connectivity index (χ0) is 30.5. The fourth-order valence-electron chi connectivity index (χ4n) is 5.89. The van der Waals surface area contributed by atoms with E-state index in [1.165, 1.54) is 5.57 Å². The Morgan fingerprint density at radius 1 is 1.23 bits per heavy atom. The maximum Gasteiger partial charge on any atom is 0.270 e. The number of fused-ring (bicyclic) bond motifs is 1. The van der Waals surface area contributed by atoms with Crippen LogP contribution in [0.1, 0.15) is 85.5 Å². The quantitative estimate of drug-likeness (QED) is 0.323. The number of oxazole rings is 1. The Morgan fingerprint density at radius 2 is 2.05 bits per heavy atom. The van der Waals surface area contributed by atoms with Gasteiger partial charge in [-0.1, -0.05) is 19.1 Å². The van der Waals surface area contributed by atoms with E-state index in [9.17, 15) is 14.9 Å². The molecule has 3 aromatic rings. The highest BCUT2D eigenvalue weighted by Crippen LogP contribution is 2.48. The van der Waals surface area contributed by atoms with Crippen molar-refractivity contribution in [2.45, 2.75) is 81.3 Å². The van der Waals surface area contributed by atoms with Gasteiger partial charge in [-0.15, -0.1) is 0 Å². The molecule has 1 aliphatic heterocycles. The van der Waals surface area contributed by atoms with E-state index in [0.717, 1.165) is 69.6 Å². The third-order valence-electron chi connectivity index (χ3n) is 9.51. The average Bonchev–Trinajstić information content (AvgIpc) is 4.00. The molecule has 3 saturated carbocycles. The van der Waals surface area contributed by atoms with E-state index in [-0.39, 0.29) is 23.8 Å². The van der Waals surface area contributed by atoms with Gasteiger partial charge in [0.25, 0.3) is 5.91 Å². The summed E-state index contributed by atoms with van der Waals surface area (Å²) in [6.45, 7) is 5.64. The largest absolute Gasteiger partial charge is 0.441 e. The number of nitriles is 1. The van der Waals surface area contributed by atoms with Crippen molar-refractivity contribution >= 4 is 28.5 Å². The fourth-order valence-corrected chi connectivity index (χ4v) is 5.89. The first-order valence-corrected chi connectivity index (χ1v) is 15.7. The van der Waals surface area contributed by atoms with Gasteiger partial charge >= 0.3 is 0 Å². The topological polar surface area (TPSA) is 138 Å². The van der Waals surface area contributed by atoms with Crippen LogP contribution in [0.2, 0.25) is 0 Å². The molecule has 11 heteroatoms. The van der Waals surface area contributed by atoms with Gasteiger partial charge in [-0.05, 0) is 74.3 Å². The molecule has 2 amide bonds. The zero-order valence-corrected chi connectivity index (χ0v) is 25.4. The minimum atomic E-state index is -0.970. The molecule has 0 unspecified atom stereocenters. The monoisotopic (exact) mass is 597 g/mol. The molecule has 1 aromatic carbocycles. The summed E-state index contributed by atoms with van der Waals surface area (Å²) >= 11 is 0. The van der Waals surface area contributed by atoms with E-state index < -0.39 is 17.5 Å². The Hall–Kier alpha value is -4.01. The van der Waals surface area contributed by atoms with Crippen LogP contribution in [0.15, 0.2) is 34.8 Å². The molecule has 11 nitrogen and oxygen atoms in total. The number of benzene rings is 1. The Kier molecular flexibility index (Phi) is 7.29. The number of aromatic nitrogens is 3. The van der Waals surface area contributed by atoms with Crippen LogP contribution < -0.4 is 10.6 Å². The van der Waals surface area contributed by atoms with Crippen molar-refractivity contribution in [1.29, 1.82) is 5.26 Å². The maximum absolute atomic E-state index is 13.7. The van der Waals surface area contributed by atoms with Crippen molar-refractivity contribution < 1.29 is 18.7 Å². The third kappa shape index (κ3) is 5.88. The summed E-state index contributed by atoms with van der Waals surface area (Å²) in [7, 11) is 1.72. The molecule has 1 atom stereocenters. The first-order valence-electron chi connectivity index (χ1n) is 15.7. The standard InChI is InChI=1S/C33H39N7O4/c1-32(9-10-32)28-19-26(40(38-28)23-4-5-23)31(42)36-25(30(41)37-33(20-34)11-12-33)18-29-35-24-6-3-22(17-27(24)44-29)21-7-13-39(14-8-21)15-16-43-2/h3,6-7,17,19,23,25H,4-5,8-16,18H2,1-2H3,(H,36,42)(H,37,41)/t25-/m0/s1. The first-order chi connectivity index (χ1) is 21.3. The van der Waals surface area contributed by atoms with Gasteiger partial charge in [0.15, 0.2) is 11.5 Å². The number of nitrogens with zero attached hydrogens (tertiary/aromatic N) is 5. The Labute approximate surface area is 256 Å². The lowest BCUT2D eigenvalue weighted by atomic mass is 9.99. The van der Waals surface area contributed by atoms with E-state index in [1.54, 1.807) is 7.11 Å². The number of carbonyl (C=O) groups excluding carboxylic acids is 2. The number of hydrogen-bond donors (Lipinski definition) is 2. The Bertz CT molecular complexity index is 1670. The van der Waals surface area contributed by atoms with Crippen LogP contribution in [0.3, 0.4) is 0 Å². The van der Waals surface area contributed by atoms with Crippen LogP contribution >= 0.6 is 0 Å². The molecule has 2 N–H and O–H groups in total. The SMILES string of the molecule is COCCN1CC=C(c2ccc3nc(C[C@H](NC(=O)c4cc(C5(C)CC5)nn4C4CC4)C(=O)NC4(C#N)CC4)oc3c2)CC1. The summed E-state index contributed by atoms with van der Waals surface area (Å²) in [5.41, 5.74) is 4.24. The van der Waals surface area contributed by atoms with Gasteiger partial charge in [-0.3, -0.25) is 19.2 Å². The van der Waals surface area contributed by atoms with Gasteiger partial charge in [0.1, 0.15) is 22.8 Å². The van der Waals surface area contributed by atoms with Crippen molar-refractivity contribution in [3.05, 3.63) is 53.2 Å². The molecule has 0 bridgehead atoms. The van der Waals surface area contributed by atoms with Gasteiger partial charge < -0.3 is 19.8 Å². The number of methoxy groups -OCH3 is 1. The van der Waals surface area contributed by atoms with Gasteiger partial charge in [0, 0.05) is 32.2 Å². The molecule has 0 radical (unpaired) electrons. The predicted octanol–water partition coefficient (Wildman–Crippen LogP) is 3.66. The fraction of sp³-hybridized carbons (Fsp3) is 0.545. The molecule has 3 aliphatic carbocycles. The minimum absolute atomic E-state index is 0.0191. The Balaban J connectivity index is 1.11. The van der Waals surface area contributed by atoms with Crippen LogP contribution in [0, 0.1) is 11.3 Å². The van der Waals surface area contributed by atoms with Crippen LogP contribution in [0.5, 0.6) is 0 Å². The van der Waals surface area contributed by atoms with E-state index >= 15 is 0 Å². The molecule has 3 fully saturated rings. The number of rotatable bonds is 12. The minimum Gasteiger partial charge on any atom is -0.441 e. The molecule has 7 rings (SSSR count). The van der Waals surface area contributed by atoms with Crippen molar-refractivity contribution in [2.24, 2.45) is 0 Å². The molecular weight excluding hydrogens is 558 g/mol. The summed E-state index contributed by atoms with van der Waals surface area (Å²) < 4.78 is 13.2. The second-order valence-corrected chi connectivity index (χ2v) is 13.1. The molecule has 230 valence electrons. The molecule has 4 aliphatic rings. The first kappa shape index (κ1) is 28.7. The summed E-state index contributed by atoms with van der Waals surface area (Å²) in [4.78, 5) is 34.2. The van der Waals surface area contributed by atoms with E-state index in [4.69, 9.17) is 14.3 Å². The summed E-state index contributed by atoms with van der Waals surface area (Å²) in [5.74, 6) is -0.425. The van der Waals surface area contributed by atoms with Crippen LogP contribution in [-0.4, -0.2) is 76.4 Å². The number of amides is 2. The van der Waals surface area contributed by atoms with Crippen molar-refractivity contribution in [3.63, 3.8) is 0 Å². The summed E-state index contributed by atoms with van der Waals surface area (Å²) in [6, 6.07) is 9.32. The zero-order valence-electron chi connectivity index (χ0n) is 25.4. The molecule has 3 heterocycles. The second kappa shape index (κ2) is 11.2. The molecule has 0 spiro atoms. The predicted molar refractivity (Wildman–Crippen MR) is 163 cm³/mol. The number of nitrogens with one attached hydrogen (secondary N) is 2. The van der Waals surface area contributed by atoms with Gasteiger partial charge in [-0.25, -0.2) is 4.98 Å². The third-order valence-corrected chi connectivity index (χ3v) is 9.51. The lowest BCUT2D eigenvalue weighted by molar-refractivity contribution is -0.123. The van der Waals surface area contributed by atoms with Gasteiger partial charge in [0.2, 0.25) is 5.91 Å². The summed E-state index contributed by atoms with van der Waals surface area (Å²) in [5, 5.41) is 20.2. The number of ether oxygens (including phenoxy) is 1. The van der Waals surface area contributed by atoms with E-state index in [1.807, 2.05) is 22.9 Å². The average molecular weight is 598 g/mol.